The first-order chi connectivity index (χ1) is 12.8. The van der Waals surface area contributed by atoms with Gasteiger partial charge in [-0.1, -0.05) is 12.1 Å². The van der Waals surface area contributed by atoms with E-state index in [4.69, 9.17) is 0 Å². The van der Waals surface area contributed by atoms with Crippen molar-refractivity contribution in [3.8, 4) is 0 Å². The lowest BCUT2D eigenvalue weighted by Gasteiger charge is -2.25. The highest BCUT2D eigenvalue weighted by atomic mass is 16.5. The van der Waals surface area contributed by atoms with Gasteiger partial charge in [-0.2, -0.15) is 0 Å². The molecule has 0 fully saturated rings. The second-order valence-electron chi connectivity index (χ2n) is 6.57. The molecule has 0 unspecified atom stereocenters. The molecule has 27 heavy (non-hydrogen) atoms. The number of hydrogen-bond acceptors (Lipinski definition) is 6. The number of nitrogens with zero attached hydrogens (tertiary/aromatic N) is 3. The minimum Gasteiger partial charge on any atom is -0.469 e. The summed E-state index contributed by atoms with van der Waals surface area (Å²) in [6.45, 7) is 1.34. The highest BCUT2D eigenvalue weighted by Gasteiger charge is 2.35. The smallest absolute Gasteiger partial charge is 0.307 e. The van der Waals surface area contributed by atoms with Crippen LogP contribution in [0.4, 0.5) is 0 Å². The summed E-state index contributed by atoms with van der Waals surface area (Å²) in [6, 6.07) is 6.62. The van der Waals surface area contributed by atoms with E-state index in [9.17, 15) is 19.2 Å². The van der Waals surface area contributed by atoms with Crippen molar-refractivity contribution in [2.75, 3.05) is 47.4 Å². The third-order valence-electron chi connectivity index (χ3n) is 4.41. The summed E-state index contributed by atoms with van der Waals surface area (Å²) in [5.41, 5.74) is 0.732. The molecule has 146 valence electrons. The monoisotopic (exact) mass is 375 g/mol. The van der Waals surface area contributed by atoms with Crippen molar-refractivity contribution in [2.45, 2.75) is 12.8 Å². The molecule has 8 nitrogen and oxygen atoms in total. The van der Waals surface area contributed by atoms with Gasteiger partial charge in [-0.15, -0.1) is 0 Å². The largest absolute Gasteiger partial charge is 0.469 e. The molecule has 1 aliphatic heterocycles. The summed E-state index contributed by atoms with van der Waals surface area (Å²) in [7, 11) is 5.08. The zero-order valence-electron chi connectivity index (χ0n) is 15.9. The third kappa shape index (κ3) is 5.13. The summed E-state index contributed by atoms with van der Waals surface area (Å²) in [6.07, 6.45) is 0.114. The minimum absolute atomic E-state index is 0.0140. The lowest BCUT2D eigenvalue weighted by molar-refractivity contribution is -0.141. The highest BCUT2D eigenvalue weighted by molar-refractivity contribution is 6.21. The van der Waals surface area contributed by atoms with E-state index < -0.39 is 5.97 Å². The van der Waals surface area contributed by atoms with E-state index >= 15 is 0 Å². The number of fused-ring (bicyclic) bond motifs is 1. The molecule has 0 bridgehead atoms. The maximum Gasteiger partial charge on any atom is 0.307 e. The molecule has 0 radical (unpaired) electrons. The van der Waals surface area contributed by atoms with Gasteiger partial charge in [0.25, 0.3) is 11.8 Å². The van der Waals surface area contributed by atoms with Crippen LogP contribution in [-0.4, -0.2) is 85.8 Å². The summed E-state index contributed by atoms with van der Waals surface area (Å²) in [5.74, 6) is -1.36. The van der Waals surface area contributed by atoms with Crippen LogP contribution in [0.25, 0.3) is 0 Å². The van der Waals surface area contributed by atoms with Crippen LogP contribution in [0.3, 0.4) is 0 Å². The van der Waals surface area contributed by atoms with E-state index in [-0.39, 0.29) is 43.7 Å². The number of rotatable bonds is 9. The maximum atomic E-state index is 12.6. The molecular weight excluding hydrogens is 350 g/mol. The van der Waals surface area contributed by atoms with Crippen LogP contribution in [-0.2, 0) is 14.3 Å². The lowest BCUT2D eigenvalue weighted by Crippen LogP contribution is -2.40. The van der Waals surface area contributed by atoms with Crippen LogP contribution in [0, 0.1) is 0 Å². The first-order valence-electron chi connectivity index (χ1n) is 8.79. The number of carbonyl (C=O) groups is 4. The SMILES string of the molecule is COC(=O)CCN(CCN(C)C)C(=O)CCN1C(=O)c2ccccc2C1=O. The predicted octanol–water partition coefficient (Wildman–Crippen LogP) is 0.626. The van der Waals surface area contributed by atoms with Gasteiger partial charge < -0.3 is 14.5 Å². The molecule has 8 heteroatoms. The fourth-order valence-corrected chi connectivity index (χ4v) is 2.82. The first-order valence-corrected chi connectivity index (χ1v) is 8.79. The van der Waals surface area contributed by atoms with E-state index in [1.807, 2.05) is 19.0 Å². The molecule has 1 aromatic carbocycles. The van der Waals surface area contributed by atoms with Gasteiger partial charge in [-0.3, -0.25) is 24.1 Å². The van der Waals surface area contributed by atoms with Crippen molar-refractivity contribution >= 4 is 23.7 Å². The Balaban J connectivity index is 1.97. The average molecular weight is 375 g/mol. The maximum absolute atomic E-state index is 12.6. The van der Waals surface area contributed by atoms with Gasteiger partial charge >= 0.3 is 5.97 Å². The summed E-state index contributed by atoms with van der Waals surface area (Å²) >= 11 is 0. The van der Waals surface area contributed by atoms with Gasteiger partial charge in [-0.25, -0.2) is 0 Å². The standard InChI is InChI=1S/C19H25N3O5/c1-20(2)12-13-21(10-9-17(24)27-3)16(23)8-11-22-18(25)14-6-4-5-7-15(14)19(22)26/h4-7H,8-13H2,1-3H3. The molecule has 0 atom stereocenters. The Hall–Kier alpha value is -2.74. The van der Waals surface area contributed by atoms with Gasteiger partial charge in [0.1, 0.15) is 0 Å². The number of esters is 1. The lowest BCUT2D eigenvalue weighted by atomic mass is 10.1. The van der Waals surface area contributed by atoms with Crippen LogP contribution in [0.1, 0.15) is 33.6 Å². The van der Waals surface area contributed by atoms with Crippen LogP contribution in [0.5, 0.6) is 0 Å². The molecule has 2 rings (SSSR count). The van der Waals surface area contributed by atoms with Gasteiger partial charge in [0, 0.05) is 32.6 Å². The number of likely N-dealkylation sites (N-methyl/N-ethyl adjacent to an activating group) is 1. The topological polar surface area (TPSA) is 87.2 Å². The molecule has 0 aliphatic carbocycles. The Kier molecular flexibility index (Phi) is 7.06. The van der Waals surface area contributed by atoms with Crippen molar-refractivity contribution < 1.29 is 23.9 Å². The minimum atomic E-state index is -0.391. The second kappa shape index (κ2) is 9.27. The number of hydrogen-bond donors (Lipinski definition) is 0. The van der Waals surface area contributed by atoms with Crippen molar-refractivity contribution in [3.05, 3.63) is 35.4 Å². The van der Waals surface area contributed by atoms with Crippen molar-refractivity contribution in [1.82, 2.24) is 14.7 Å². The van der Waals surface area contributed by atoms with E-state index in [1.165, 1.54) is 7.11 Å². The third-order valence-corrected chi connectivity index (χ3v) is 4.41. The molecule has 0 saturated carbocycles. The molecule has 1 aliphatic rings. The number of ether oxygens (including phenoxy) is 1. The Morgan fingerprint density at radius 2 is 1.56 bits per heavy atom. The van der Waals surface area contributed by atoms with Gasteiger partial charge in [0.2, 0.25) is 5.91 Å². The molecule has 0 saturated heterocycles. The molecule has 0 spiro atoms. The Morgan fingerprint density at radius 1 is 0.963 bits per heavy atom. The van der Waals surface area contributed by atoms with E-state index in [1.54, 1.807) is 29.2 Å². The number of benzene rings is 1. The summed E-state index contributed by atoms with van der Waals surface area (Å²) < 4.78 is 4.63. The molecule has 3 amide bonds. The second-order valence-corrected chi connectivity index (χ2v) is 6.57. The van der Waals surface area contributed by atoms with E-state index in [2.05, 4.69) is 4.74 Å². The van der Waals surface area contributed by atoms with Crippen molar-refractivity contribution in [2.24, 2.45) is 0 Å². The molecular formula is C19H25N3O5. The van der Waals surface area contributed by atoms with E-state index in [0.29, 0.717) is 24.2 Å². The molecule has 1 heterocycles. The van der Waals surface area contributed by atoms with Crippen molar-refractivity contribution in [1.29, 1.82) is 0 Å². The summed E-state index contributed by atoms with van der Waals surface area (Å²) in [5, 5.41) is 0. The normalized spacial score (nSPS) is 13.1. The Labute approximate surface area is 158 Å². The molecule has 0 aromatic heterocycles. The van der Waals surface area contributed by atoms with Crippen LogP contribution < -0.4 is 0 Å². The number of methoxy groups -OCH3 is 1. The first kappa shape index (κ1) is 20.6. The number of imide groups is 1. The number of amides is 3. The van der Waals surface area contributed by atoms with Crippen LogP contribution >= 0.6 is 0 Å². The zero-order valence-corrected chi connectivity index (χ0v) is 15.9. The Morgan fingerprint density at radius 3 is 2.07 bits per heavy atom. The average Bonchev–Trinajstić information content (AvgIpc) is 2.90. The fourth-order valence-electron chi connectivity index (χ4n) is 2.82. The molecule has 1 aromatic rings. The Bertz CT molecular complexity index is 697. The summed E-state index contributed by atoms with van der Waals surface area (Å²) in [4.78, 5) is 53.3. The number of carbonyl (C=O) groups excluding carboxylic acids is 4. The van der Waals surface area contributed by atoms with Gasteiger partial charge in [-0.05, 0) is 26.2 Å². The van der Waals surface area contributed by atoms with Crippen LogP contribution in [0.15, 0.2) is 24.3 Å². The van der Waals surface area contributed by atoms with Gasteiger partial charge in [0.15, 0.2) is 0 Å². The van der Waals surface area contributed by atoms with Gasteiger partial charge in [0.05, 0.1) is 24.7 Å². The highest BCUT2D eigenvalue weighted by Crippen LogP contribution is 2.22. The van der Waals surface area contributed by atoms with Crippen molar-refractivity contribution in [3.63, 3.8) is 0 Å². The zero-order chi connectivity index (χ0) is 20.0. The van der Waals surface area contributed by atoms with E-state index in [0.717, 1.165) is 4.90 Å². The van der Waals surface area contributed by atoms with Crippen LogP contribution in [0.2, 0.25) is 0 Å². The predicted molar refractivity (Wildman–Crippen MR) is 98.2 cm³/mol. The molecule has 0 N–H and O–H groups in total. The fraction of sp³-hybridized carbons (Fsp3) is 0.474. The quantitative estimate of drug-likeness (QED) is 0.465.